The Kier molecular flexibility index (Phi) is 4.59. The third-order valence-corrected chi connectivity index (χ3v) is 6.35. The molecule has 1 aliphatic heterocycles. The van der Waals surface area contributed by atoms with E-state index in [4.69, 9.17) is 0 Å². The van der Waals surface area contributed by atoms with Crippen LogP contribution >= 0.6 is 0 Å². The number of aromatic nitrogens is 3. The highest BCUT2D eigenvalue weighted by molar-refractivity contribution is 5.98. The number of likely N-dealkylation sites (tertiary alicyclic amines) is 1. The van der Waals surface area contributed by atoms with E-state index in [9.17, 15) is 4.79 Å². The van der Waals surface area contributed by atoms with Crippen molar-refractivity contribution in [3.8, 4) is 0 Å². The lowest BCUT2D eigenvalue weighted by molar-refractivity contribution is 0.0702. The number of imidazole rings is 1. The second-order valence-electron chi connectivity index (χ2n) is 8.24. The van der Waals surface area contributed by atoms with Gasteiger partial charge in [-0.3, -0.25) is 9.78 Å². The van der Waals surface area contributed by atoms with Crippen molar-refractivity contribution >= 4 is 16.8 Å². The number of piperidine rings is 1. The summed E-state index contributed by atoms with van der Waals surface area (Å²) in [6, 6.07) is 9.73. The quantitative estimate of drug-likeness (QED) is 0.686. The fourth-order valence-corrected chi connectivity index (χ4v) is 4.55. The van der Waals surface area contributed by atoms with Crippen molar-refractivity contribution in [2.24, 2.45) is 5.92 Å². The Labute approximate surface area is 165 Å². The van der Waals surface area contributed by atoms with Crippen LogP contribution < -0.4 is 0 Å². The molecule has 1 saturated carbocycles. The van der Waals surface area contributed by atoms with Gasteiger partial charge in [-0.2, -0.15) is 0 Å². The first-order chi connectivity index (χ1) is 13.8. The summed E-state index contributed by atoms with van der Waals surface area (Å²) in [5.41, 5.74) is 1.67. The Balaban J connectivity index is 1.33. The Morgan fingerprint density at radius 2 is 2.00 bits per heavy atom. The minimum absolute atomic E-state index is 0.118. The summed E-state index contributed by atoms with van der Waals surface area (Å²) in [5.74, 6) is 2.41. The maximum atomic E-state index is 13.2. The molecule has 0 unspecified atom stereocenters. The summed E-state index contributed by atoms with van der Waals surface area (Å²) < 4.78 is 2.34. The summed E-state index contributed by atoms with van der Waals surface area (Å²) in [6.07, 6.45) is 12.0. The van der Waals surface area contributed by atoms with Gasteiger partial charge in [-0.25, -0.2) is 4.98 Å². The van der Waals surface area contributed by atoms with Crippen molar-refractivity contribution in [2.75, 3.05) is 13.1 Å². The van der Waals surface area contributed by atoms with E-state index in [2.05, 4.69) is 20.7 Å². The van der Waals surface area contributed by atoms with Gasteiger partial charge >= 0.3 is 0 Å². The van der Waals surface area contributed by atoms with Crippen molar-refractivity contribution in [1.82, 2.24) is 19.4 Å². The van der Waals surface area contributed by atoms with Crippen LogP contribution in [-0.4, -0.2) is 38.4 Å². The average Bonchev–Trinajstić information content (AvgIpc) is 3.18. The molecule has 5 rings (SSSR count). The fraction of sp³-hybridized carbons (Fsp3) is 0.435. The molecule has 0 spiro atoms. The number of rotatable bonds is 4. The molecule has 2 aromatic heterocycles. The number of pyridine rings is 1. The van der Waals surface area contributed by atoms with Crippen molar-refractivity contribution < 1.29 is 4.79 Å². The van der Waals surface area contributed by atoms with Crippen molar-refractivity contribution in [3.63, 3.8) is 0 Å². The normalized spacial score (nSPS) is 20.3. The van der Waals surface area contributed by atoms with E-state index >= 15 is 0 Å². The SMILES string of the molecule is O=C(c1ccc2ncccc2c1)N1CCC[C@H](c2nccn2CC2CCC2)C1. The molecule has 5 heteroatoms. The second kappa shape index (κ2) is 7.38. The highest BCUT2D eigenvalue weighted by Crippen LogP contribution is 2.31. The van der Waals surface area contributed by atoms with Crippen LogP contribution in [0.15, 0.2) is 48.9 Å². The molecule has 2 aliphatic rings. The van der Waals surface area contributed by atoms with Crippen LogP contribution in [0.5, 0.6) is 0 Å². The van der Waals surface area contributed by atoms with Crippen LogP contribution in [0.25, 0.3) is 10.9 Å². The number of carbonyl (C=O) groups is 1. The van der Waals surface area contributed by atoms with Gasteiger partial charge in [0.2, 0.25) is 0 Å². The Bertz CT molecular complexity index is 991. The highest BCUT2D eigenvalue weighted by atomic mass is 16.2. The number of hydrogen-bond acceptors (Lipinski definition) is 3. The number of nitrogens with zero attached hydrogens (tertiary/aromatic N) is 4. The van der Waals surface area contributed by atoms with E-state index in [1.807, 2.05) is 41.4 Å². The average molecular weight is 374 g/mol. The van der Waals surface area contributed by atoms with Gasteiger partial charge in [0.25, 0.3) is 5.91 Å². The lowest BCUT2D eigenvalue weighted by Crippen LogP contribution is -2.40. The van der Waals surface area contributed by atoms with Crippen molar-refractivity contribution in [1.29, 1.82) is 0 Å². The number of benzene rings is 1. The predicted octanol–water partition coefficient (Wildman–Crippen LogP) is 4.25. The fourth-order valence-electron chi connectivity index (χ4n) is 4.55. The van der Waals surface area contributed by atoms with Gasteiger partial charge in [-0.15, -0.1) is 0 Å². The summed E-state index contributed by atoms with van der Waals surface area (Å²) in [7, 11) is 0. The summed E-state index contributed by atoms with van der Waals surface area (Å²) >= 11 is 0. The van der Waals surface area contributed by atoms with Gasteiger partial charge in [0.15, 0.2) is 0 Å². The van der Waals surface area contributed by atoms with Gasteiger partial charge in [-0.05, 0) is 55.9 Å². The molecule has 1 aliphatic carbocycles. The van der Waals surface area contributed by atoms with Gasteiger partial charge in [0.05, 0.1) is 5.52 Å². The maximum absolute atomic E-state index is 13.2. The van der Waals surface area contributed by atoms with Crippen molar-refractivity contribution in [2.45, 2.75) is 44.6 Å². The maximum Gasteiger partial charge on any atom is 0.253 e. The first-order valence-electron chi connectivity index (χ1n) is 10.4. The van der Waals surface area contributed by atoms with E-state index in [0.29, 0.717) is 5.92 Å². The molecule has 3 heterocycles. The van der Waals surface area contributed by atoms with Gasteiger partial charge in [0, 0.05) is 55.1 Å². The number of carbonyl (C=O) groups excluding carboxylic acids is 1. The minimum atomic E-state index is 0.118. The van der Waals surface area contributed by atoms with E-state index in [1.165, 1.54) is 19.3 Å². The van der Waals surface area contributed by atoms with Crippen LogP contribution in [0.1, 0.15) is 54.2 Å². The smallest absolute Gasteiger partial charge is 0.253 e. The van der Waals surface area contributed by atoms with Crippen LogP contribution in [0.2, 0.25) is 0 Å². The molecule has 3 aromatic rings. The predicted molar refractivity (Wildman–Crippen MR) is 109 cm³/mol. The molecule has 0 N–H and O–H groups in total. The van der Waals surface area contributed by atoms with Crippen LogP contribution in [-0.2, 0) is 6.54 Å². The number of fused-ring (bicyclic) bond motifs is 1. The monoisotopic (exact) mass is 374 g/mol. The number of hydrogen-bond donors (Lipinski definition) is 0. The third kappa shape index (κ3) is 3.30. The molecule has 1 amide bonds. The summed E-state index contributed by atoms with van der Waals surface area (Å²) in [6.45, 7) is 2.66. The molecule has 1 aromatic carbocycles. The first kappa shape index (κ1) is 17.4. The largest absolute Gasteiger partial charge is 0.338 e. The molecule has 0 radical (unpaired) electrons. The Morgan fingerprint density at radius 1 is 1.07 bits per heavy atom. The lowest BCUT2D eigenvalue weighted by Gasteiger charge is -2.34. The van der Waals surface area contributed by atoms with E-state index in [0.717, 1.165) is 60.7 Å². The molecule has 1 atom stereocenters. The lowest BCUT2D eigenvalue weighted by atomic mass is 9.85. The summed E-state index contributed by atoms with van der Waals surface area (Å²) in [4.78, 5) is 24.2. The van der Waals surface area contributed by atoms with Crippen molar-refractivity contribution in [3.05, 3.63) is 60.3 Å². The third-order valence-electron chi connectivity index (χ3n) is 6.35. The second-order valence-corrected chi connectivity index (χ2v) is 8.24. The zero-order chi connectivity index (χ0) is 18.9. The topological polar surface area (TPSA) is 51.0 Å². The zero-order valence-corrected chi connectivity index (χ0v) is 16.1. The number of amides is 1. The molecule has 28 heavy (non-hydrogen) atoms. The molecule has 1 saturated heterocycles. The van der Waals surface area contributed by atoms with Crippen LogP contribution in [0, 0.1) is 5.92 Å². The van der Waals surface area contributed by atoms with Gasteiger partial charge in [-0.1, -0.05) is 12.5 Å². The Morgan fingerprint density at radius 3 is 2.86 bits per heavy atom. The first-order valence-corrected chi connectivity index (χ1v) is 10.4. The molecular weight excluding hydrogens is 348 g/mol. The standard InChI is InChI=1S/C23H26N4O/c28-23(19-8-9-21-18(14-19)6-2-10-24-21)27-12-3-7-20(16-27)22-25-11-13-26(22)15-17-4-1-5-17/h2,6,8-11,13-14,17,20H,1,3-5,7,12,15-16H2/t20-/m0/s1. The molecule has 5 nitrogen and oxygen atoms in total. The summed E-state index contributed by atoms with van der Waals surface area (Å²) in [5, 5.41) is 1.01. The molecular formula is C23H26N4O. The van der Waals surface area contributed by atoms with E-state index in [-0.39, 0.29) is 5.91 Å². The van der Waals surface area contributed by atoms with Crippen LogP contribution in [0.4, 0.5) is 0 Å². The Hall–Kier alpha value is -2.69. The highest BCUT2D eigenvalue weighted by Gasteiger charge is 2.29. The minimum Gasteiger partial charge on any atom is -0.338 e. The van der Waals surface area contributed by atoms with Crippen LogP contribution in [0.3, 0.4) is 0 Å². The zero-order valence-electron chi connectivity index (χ0n) is 16.1. The van der Waals surface area contributed by atoms with E-state index < -0.39 is 0 Å². The van der Waals surface area contributed by atoms with Gasteiger partial charge in [0.1, 0.15) is 5.82 Å². The molecule has 2 fully saturated rings. The van der Waals surface area contributed by atoms with Gasteiger partial charge < -0.3 is 9.47 Å². The van der Waals surface area contributed by atoms with E-state index in [1.54, 1.807) is 6.20 Å². The molecule has 0 bridgehead atoms. The molecule has 144 valence electrons.